The van der Waals surface area contributed by atoms with Crippen molar-refractivity contribution in [3.8, 4) is 44.5 Å². The van der Waals surface area contributed by atoms with E-state index in [1.165, 1.54) is 55.9 Å². The molecule has 3 heteroatoms. The summed E-state index contributed by atoms with van der Waals surface area (Å²) in [6.07, 6.45) is -4.35. The quantitative estimate of drug-likeness (QED) is 0.176. The van der Waals surface area contributed by atoms with Crippen molar-refractivity contribution in [3.05, 3.63) is 169 Å². The van der Waals surface area contributed by atoms with Gasteiger partial charge in [0.05, 0.1) is 5.56 Å². The molecule has 0 aliphatic carbocycles. The summed E-state index contributed by atoms with van der Waals surface area (Å²) in [5.74, 6) is 0. The lowest BCUT2D eigenvalue weighted by atomic mass is 9.83. The zero-order valence-electron chi connectivity index (χ0n) is 24.7. The fourth-order valence-electron chi connectivity index (χ4n) is 6.80. The molecule has 0 unspecified atom stereocenters. The number of benzene rings is 8. The molecule has 0 aromatic heterocycles. The molecular formula is C43H27F3. The van der Waals surface area contributed by atoms with E-state index in [1.54, 1.807) is 0 Å². The summed E-state index contributed by atoms with van der Waals surface area (Å²) in [6.45, 7) is 0. The molecule has 0 saturated heterocycles. The Morgan fingerprint density at radius 3 is 1.20 bits per heavy atom. The van der Waals surface area contributed by atoms with E-state index < -0.39 is 11.7 Å². The third-order valence-electron chi connectivity index (χ3n) is 8.93. The summed E-state index contributed by atoms with van der Waals surface area (Å²) in [5.41, 5.74) is 7.95. The maximum atomic E-state index is 13.1. The molecule has 8 aromatic carbocycles. The first-order chi connectivity index (χ1) is 22.5. The molecule has 0 nitrogen and oxygen atoms in total. The molecule has 0 amide bonds. The van der Waals surface area contributed by atoms with Crippen LogP contribution in [0.15, 0.2) is 164 Å². The van der Waals surface area contributed by atoms with Crippen molar-refractivity contribution >= 4 is 32.3 Å². The molecular weight excluding hydrogens is 573 g/mol. The van der Waals surface area contributed by atoms with Gasteiger partial charge in [0.25, 0.3) is 0 Å². The second kappa shape index (κ2) is 11.0. The molecule has 220 valence electrons. The first kappa shape index (κ1) is 27.8. The number of rotatable bonds is 4. The van der Waals surface area contributed by atoms with Gasteiger partial charge < -0.3 is 0 Å². The van der Waals surface area contributed by atoms with Crippen molar-refractivity contribution < 1.29 is 13.2 Å². The van der Waals surface area contributed by atoms with E-state index in [0.717, 1.165) is 45.2 Å². The third kappa shape index (κ3) is 4.72. The van der Waals surface area contributed by atoms with Crippen molar-refractivity contribution in [2.75, 3.05) is 0 Å². The Labute approximate surface area is 265 Å². The van der Waals surface area contributed by atoms with Crippen molar-refractivity contribution in [2.45, 2.75) is 6.18 Å². The summed E-state index contributed by atoms with van der Waals surface area (Å²) in [4.78, 5) is 0. The zero-order valence-corrected chi connectivity index (χ0v) is 24.7. The zero-order chi connectivity index (χ0) is 31.3. The molecule has 0 saturated carbocycles. The Balaban J connectivity index is 1.33. The molecule has 8 rings (SSSR count). The highest BCUT2D eigenvalue weighted by Gasteiger charge is 2.30. The molecule has 0 spiro atoms. The molecule has 0 aliphatic rings. The number of fused-ring (bicyclic) bond motifs is 3. The molecule has 0 radical (unpaired) electrons. The van der Waals surface area contributed by atoms with Gasteiger partial charge in [-0.05, 0) is 89.0 Å². The fraction of sp³-hybridized carbons (Fsp3) is 0.0233. The van der Waals surface area contributed by atoms with Crippen LogP contribution in [0.2, 0.25) is 0 Å². The topological polar surface area (TPSA) is 0 Å². The molecule has 0 aliphatic heterocycles. The first-order valence-corrected chi connectivity index (χ1v) is 15.3. The fourth-order valence-corrected chi connectivity index (χ4v) is 6.80. The third-order valence-corrected chi connectivity index (χ3v) is 8.93. The normalized spacial score (nSPS) is 11.8. The van der Waals surface area contributed by atoms with E-state index in [2.05, 4.69) is 121 Å². The average molecular weight is 601 g/mol. The Kier molecular flexibility index (Phi) is 6.69. The highest BCUT2D eigenvalue weighted by atomic mass is 19.4. The molecule has 0 fully saturated rings. The lowest BCUT2D eigenvalue weighted by Gasteiger charge is -2.20. The van der Waals surface area contributed by atoms with Gasteiger partial charge in [0, 0.05) is 0 Å². The van der Waals surface area contributed by atoms with E-state index in [-0.39, 0.29) is 0 Å². The summed E-state index contributed by atoms with van der Waals surface area (Å²) < 4.78 is 39.4. The van der Waals surface area contributed by atoms with Gasteiger partial charge in [0.2, 0.25) is 0 Å². The molecule has 0 bridgehead atoms. The van der Waals surface area contributed by atoms with Gasteiger partial charge in [-0.15, -0.1) is 0 Å². The minimum atomic E-state index is -4.35. The average Bonchev–Trinajstić information content (AvgIpc) is 3.10. The number of hydrogen-bond donors (Lipinski definition) is 0. The summed E-state index contributed by atoms with van der Waals surface area (Å²) in [6, 6.07) is 54.3. The number of alkyl halides is 3. The smallest absolute Gasteiger partial charge is 0.166 e. The SMILES string of the molecule is FC(F)(F)c1ccc(-c2ccc(-c3c4ccccc4c(-c4ccc(-c5ccccc5)c5ccccc45)c4ccccc34)cc2)cc1. The second-order valence-electron chi connectivity index (χ2n) is 11.6. The monoisotopic (exact) mass is 600 g/mol. The van der Waals surface area contributed by atoms with Crippen LogP contribution in [0.25, 0.3) is 76.8 Å². The van der Waals surface area contributed by atoms with Crippen LogP contribution in [0, 0.1) is 0 Å². The van der Waals surface area contributed by atoms with E-state index in [4.69, 9.17) is 0 Å². The largest absolute Gasteiger partial charge is 0.416 e. The Bertz CT molecular complexity index is 2310. The van der Waals surface area contributed by atoms with Gasteiger partial charge in [-0.25, -0.2) is 0 Å². The Morgan fingerprint density at radius 2 is 0.674 bits per heavy atom. The molecule has 0 heterocycles. The van der Waals surface area contributed by atoms with Crippen LogP contribution < -0.4 is 0 Å². The van der Waals surface area contributed by atoms with Gasteiger partial charge in [-0.2, -0.15) is 13.2 Å². The first-order valence-electron chi connectivity index (χ1n) is 15.3. The van der Waals surface area contributed by atoms with Crippen molar-refractivity contribution in [3.63, 3.8) is 0 Å². The lowest BCUT2D eigenvalue weighted by molar-refractivity contribution is -0.137. The van der Waals surface area contributed by atoms with Gasteiger partial charge in [-0.1, -0.05) is 152 Å². The van der Waals surface area contributed by atoms with Gasteiger partial charge >= 0.3 is 6.18 Å². The highest BCUT2D eigenvalue weighted by Crippen LogP contribution is 2.46. The lowest BCUT2D eigenvalue weighted by Crippen LogP contribution is -2.03. The van der Waals surface area contributed by atoms with Gasteiger partial charge in [-0.3, -0.25) is 0 Å². The highest BCUT2D eigenvalue weighted by molar-refractivity contribution is 6.24. The number of hydrogen-bond acceptors (Lipinski definition) is 0. The van der Waals surface area contributed by atoms with Crippen LogP contribution in [0.5, 0.6) is 0 Å². The van der Waals surface area contributed by atoms with Crippen molar-refractivity contribution in [1.29, 1.82) is 0 Å². The molecule has 46 heavy (non-hydrogen) atoms. The second-order valence-corrected chi connectivity index (χ2v) is 11.6. The van der Waals surface area contributed by atoms with Crippen LogP contribution in [0.4, 0.5) is 13.2 Å². The molecule has 0 N–H and O–H groups in total. The van der Waals surface area contributed by atoms with Gasteiger partial charge in [0.15, 0.2) is 0 Å². The van der Waals surface area contributed by atoms with Crippen LogP contribution in [-0.2, 0) is 6.18 Å². The van der Waals surface area contributed by atoms with Crippen LogP contribution >= 0.6 is 0 Å². The minimum absolute atomic E-state index is 0.645. The maximum absolute atomic E-state index is 13.1. The predicted molar refractivity (Wildman–Crippen MR) is 186 cm³/mol. The van der Waals surface area contributed by atoms with Crippen molar-refractivity contribution in [1.82, 2.24) is 0 Å². The van der Waals surface area contributed by atoms with Gasteiger partial charge in [0.1, 0.15) is 0 Å². The van der Waals surface area contributed by atoms with E-state index in [0.29, 0.717) is 0 Å². The standard InChI is InChI=1S/C43H27F3/c44-43(45,46)32-24-22-29(23-25-32)28-18-20-31(21-19-28)41-36-14-6-8-16-38(36)42(39-17-9-7-15-37(39)41)40-27-26-33(30-10-2-1-3-11-30)34-12-4-5-13-35(34)40/h1-27H. The summed E-state index contributed by atoms with van der Waals surface area (Å²) >= 11 is 0. The minimum Gasteiger partial charge on any atom is -0.166 e. The number of halogens is 3. The van der Waals surface area contributed by atoms with E-state index >= 15 is 0 Å². The van der Waals surface area contributed by atoms with E-state index in [9.17, 15) is 13.2 Å². The summed E-state index contributed by atoms with van der Waals surface area (Å²) in [5, 5.41) is 7.04. The van der Waals surface area contributed by atoms with E-state index in [1.807, 2.05) is 18.2 Å². The van der Waals surface area contributed by atoms with Crippen LogP contribution in [-0.4, -0.2) is 0 Å². The van der Waals surface area contributed by atoms with Crippen LogP contribution in [0.3, 0.4) is 0 Å². The molecule has 0 atom stereocenters. The Morgan fingerprint density at radius 1 is 0.283 bits per heavy atom. The maximum Gasteiger partial charge on any atom is 0.416 e. The van der Waals surface area contributed by atoms with Crippen LogP contribution in [0.1, 0.15) is 5.56 Å². The molecule has 8 aromatic rings. The van der Waals surface area contributed by atoms with Crippen molar-refractivity contribution in [2.24, 2.45) is 0 Å². The Hall–Kier alpha value is -5.67. The predicted octanol–water partition coefficient (Wildman–Crippen LogP) is 12.8. The summed E-state index contributed by atoms with van der Waals surface area (Å²) in [7, 11) is 0.